The van der Waals surface area contributed by atoms with Gasteiger partial charge >= 0.3 is 0 Å². The molecule has 1 aromatic heterocycles. The maximum Gasteiger partial charge on any atom is 0.146 e. The number of hydrogen-bond acceptors (Lipinski definition) is 5. The van der Waals surface area contributed by atoms with Crippen LogP contribution in [-0.2, 0) is 0 Å². The van der Waals surface area contributed by atoms with Crippen molar-refractivity contribution in [2.75, 3.05) is 18.0 Å². The van der Waals surface area contributed by atoms with Gasteiger partial charge in [0.2, 0.25) is 0 Å². The third kappa shape index (κ3) is 1.63. The van der Waals surface area contributed by atoms with Gasteiger partial charge in [0.05, 0.1) is 5.69 Å². The first-order chi connectivity index (χ1) is 5.65. The Bertz CT molecular complexity index is 272. The van der Waals surface area contributed by atoms with Crippen LogP contribution in [0.3, 0.4) is 0 Å². The van der Waals surface area contributed by atoms with Crippen molar-refractivity contribution in [2.45, 2.75) is 6.04 Å². The van der Waals surface area contributed by atoms with Gasteiger partial charge in [0.25, 0.3) is 0 Å². The molecule has 0 fully saturated rings. The Morgan fingerprint density at radius 1 is 1.42 bits per heavy atom. The van der Waals surface area contributed by atoms with Gasteiger partial charge in [-0.1, -0.05) is 0 Å². The molecule has 0 bridgehead atoms. The maximum absolute atomic E-state index is 5.65. The summed E-state index contributed by atoms with van der Waals surface area (Å²) < 4.78 is 0. The normalized spacial score (nSPS) is 12.8. The SMILES string of the molecule is NC[C@@H](N)c1cnc(N)c(N)c1. The molecule has 0 aliphatic carbocycles. The van der Waals surface area contributed by atoms with Gasteiger partial charge in [-0.3, -0.25) is 0 Å². The van der Waals surface area contributed by atoms with Gasteiger partial charge in [-0.05, 0) is 11.6 Å². The van der Waals surface area contributed by atoms with Crippen LogP contribution in [0.25, 0.3) is 0 Å². The fraction of sp³-hybridized carbons (Fsp3) is 0.286. The van der Waals surface area contributed by atoms with E-state index in [0.29, 0.717) is 18.1 Å². The Labute approximate surface area is 70.7 Å². The zero-order valence-corrected chi connectivity index (χ0v) is 6.70. The summed E-state index contributed by atoms with van der Waals surface area (Å²) in [6.07, 6.45) is 1.59. The van der Waals surface area contributed by atoms with Crippen LogP contribution >= 0.6 is 0 Å². The van der Waals surface area contributed by atoms with E-state index in [4.69, 9.17) is 22.9 Å². The highest BCUT2D eigenvalue weighted by Gasteiger charge is 2.05. The van der Waals surface area contributed by atoms with Gasteiger partial charge in [-0.2, -0.15) is 0 Å². The van der Waals surface area contributed by atoms with E-state index in [0.717, 1.165) is 5.56 Å². The first-order valence-electron chi connectivity index (χ1n) is 3.61. The summed E-state index contributed by atoms with van der Waals surface area (Å²) in [6.45, 7) is 0.366. The molecule has 0 amide bonds. The Hall–Kier alpha value is -1.33. The van der Waals surface area contributed by atoms with Crippen molar-refractivity contribution in [1.29, 1.82) is 0 Å². The zero-order valence-electron chi connectivity index (χ0n) is 6.70. The van der Waals surface area contributed by atoms with E-state index in [2.05, 4.69) is 4.98 Å². The van der Waals surface area contributed by atoms with Gasteiger partial charge in [0, 0.05) is 18.8 Å². The molecule has 1 rings (SSSR count). The topological polar surface area (TPSA) is 117 Å². The second-order valence-corrected chi connectivity index (χ2v) is 2.59. The number of anilines is 2. The number of rotatable bonds is 2. The second kappa shape index (κ2) is 3.38. The number of nitrogens with zero attached hydrogens (tertiary/aromatic N) is 1. The number of hydrogen-bond donors (Lipinski definition) is 4. The van der Waals surface area contributed by atoms with Crippen molar-refractivity contribution in [2.24, 2.45) is 11.5 Å². The summed E-state index contributed by atoms with van der Waals surface area (Å²) in [6, 6.07) is 1.47. The predicted molar refractivity (Wildman–Crippen MR) is 49.0 cm³/mol. The van der Waals surface area contributed by atoms with Crippen LogP contribution in [0.2, 0.25) is 0 Å². The van der Waals surface area contributed by atoms with Crippen LogP contribution in [-0.4, -0.2) is 11.5 Å². The molecule has 1 atom stereocenters. The fourth-order valence-electron chi connectivity index (χ4n) is 0.848. The monoisotopic (exact) mass is 167 g/mol. The summed E-state index contributed by atoms with van der Waals surface area (Å²) in [7, 11) is 0. The molecule has 1 aromatic rings. The second-order valence-electron chi connectivity index (χ2n) is 2.59. The Balaban J connectivity index is 2.96. The minimum atomic E-state index is -0.222. The Kier molecular flexibility index (Phi) is 2.47. The fourth-order valence-corrected chi connectivity index (χ4v) is 0.848. The lowest BCUT2D eigenvalue weighted by atomic mass is 10.1. The molecule has 0 saturated carbocycles. The van der Waals surface area contributed by atoms with E-state index in [1.54, 1.807) is 12.3 Å². The first-order valence-corrected chi connectivity index (χ1v) is 3.61. The standard InChI is InChI=1S/C7H13N5/c8-2-6(10)4-1-5(9)7(11)12-3-4/h1,3,6H,2,8-10H2,(H2,11,12)/t6-/m1/s1. The third-order valence-corrected chi connectivity index (χ3v) is 1.65. The molecule has 5 nitrogen and oxygen atoms in total. The lowest BCUT2D eigenvalue weighted by Gasteiger charge is -2.09. The first kappa shape index (κ1) is 8.76. The predicted octanol–water partition coefficient (Wildman–Crippen LogP) is -0.795. The van der Waals surface area contributed by atoms with E-state index in [-0.39, 0.29) is 6.04 Å². The van der Waals surface area contributed by atoms with Gasteiger partial charge < -0.3 is 22.9 Å². The molecule has 0 unspecified atom stereocenters. The summed E-state index contributed by atoms with van der Waals surface area (Å²) in [5.41, 5.74) is 23.2. The minimum Gasteiger partial charge on any atom is -0.396 e. The van der Waals surface area contributed by atoms with Gasteiger partial charge in [0.15, 0.2) is 0 Å². The number of nitrogen functional groups attached to an aromatic ring is 2. The van der Waals surface area contributed by atoms with Crippen LogP contribution in [0.4, 0.5) is 11.5 Å². The van der Waals surface area contributed by atoms with Gasteiger partial charge in [-0.15, -0.1) is 0 Å². The Morgan fingerprint density at radius 2 is 2.08 bits per heavy atom. The van der Waals surface area contributed by atoms with Gasteiger partial charge in [0.1, 0.15) is 5.82 Å². The highest BCUT2D eigenvalue weighted by molar-refractivity contribution is 5.58. The highest BCUT2D eigenvalue weighted by Crippen LogP contribution is 2.16. The molecule has 12 heavy (non-hydrogen) atoms. The molecule has 0 aliphatic heterocycles. The van der Waals surface area contributed by atoms with Crippen molar-refractivity contribution in [3.8, 4) is 0 Å². The average molecular weight is 167 g/mol. The molecule has 0 saturated heterocycles. The highest BCUT2D eigenvalue weighted by atomic mass is 14.9. The van der Waals surface area contributed by atoms with E-state index in [9.17, 15) is 0 Å². The third-order valence-electron chi connectivity index (χ3n) is 1.65. The molecule has 8 N–H and O–H groups in total. The molecular weight excluding hydrogens is 154 g/mol. The average Bonchev–Trinajstić information content (AvgIpc) is 2.08. The van der Waals surface area contributed by atoms with E-state index >= 15 is 0 Å². The van der Waals surface area contributed by atoms with Crippen LogP contribution < -0.4 is 22.9 Å². The molecule has 0 aliphatic rings. The molecular formula is C7H13N5. The van der Waals surface area contributed by atoms with Crippen molar-refractivity contribution in [1.82, 2.24) is 4.98 Å². The number of nitrogens with two attached hydrogens (primary N) is 4. The van der Waals surface area contributed by atoms with E-state index in [1.165, 1.54) is 0 Å². The smallest absolute Gasteiger partial charge is 0.146 e. The Morgan fingerprint density at radius 3 is 2.58 bits per heavy atom. The maximum atomic E-state index is 5.65. The van der Waals surface area contributed by atoms with Crippen LogP contribution in [0.5, 0.6) is 0 Å². The van der Waals surface area contributed by atoms with Crippen LogP contribution in [0, 0.1) is 0 Å². The van der Waals surface area contributed by atoms with E-state index in [1.807, 2.05) is 0 Å². The van der Waals surface area contributed by atoms with Crippen molar-refractivity contribution >= 4 is 11.5 Å². The summed E-state index contributed by atoms with van der Waals surface area (Å²) in [5.74, 6) is 0.322. The van der Waals surface area contributed by atoms with Crippen molar-refractivity contribution < 1.29 is 0 Å². The van der Waals surface area contributed by atoms with E-state index < -0.39 is 0 Å². The minimum absolute atomic E-state index is 0.222. The van der Waals surface area contributed by atoms with Crippen molar-refractivity contribution in [3.05, 3.63) is 17.8 Å². The number of aromatic nitrogens is 1. The van der Waals surface area contributed by atoms with Gasteiger partial charge in [-0.25, -0.2) is 4.98 Å². The largest absolute Gasteiger partial charge is 0.396 e. The van der Waals surface area contributed by atoms with Crippen LogP contribution in [0.1, 0.15) is 11.6 Å². The molecule has 0 aromatic carbocycles. The molecule has 5 heteroatoms. The lowest BCUT2D eigenvalue weighted by Crippen LogP contribution is -2.21. The zero-order chi connectivity index (χ0) is 9.14. The summed E-state index contributed by atoms with van der Waals surface area (Å²) in [4.78, 5) is 3.86. The summed E-state index contributed by atoms with van der Waals surface area (Å²) in [5, 5.41) is 0. The molecule has 66 valence electrons. The van der Waals surface area contributed by atoms with Crippen LogP contribution in [0.15, 0.2) is 12.3 Å². The molecule has 0 spiro atoms. The summed E-state index contributed by atoms with van der Waals surface area (Å²) >= 11 is 0. The molecule has 0 radical (unpaired) electrons. The van der Waals surface area contributed by atoms with Crippen molar-refractivity contribution in [3.63, 3.8) is 0 Å². The number of pyridine rings is 1. The lowest BCUT2D eigenvalue weighted by molar-refractivity contribution is 0.734. The quantitative estimate of drug-likeness (QED) is 0.460. The molecule has 1 heterocycles.